The molecule has 5 nitrogen and oxygen atoms in total. The zero-order valence-corrected chi connectivity index (χ0v) is 15.7. The molecule has 0 fully saturated rings. The van der Waals surface area contributed by atoms with E-state index in [1.165, 1.54) is 5.82 Å². The van der Waals surface area contributed by atoms with E-state index in [2.05, 4.69) is 35.5 Å². The number of halogens is 1. The van der Waals surface area contributed by atoms with Gasteiger partial charge in [0.1, 0.15) is 12.4 Å². The van der Waals surface area contributed by atoms with Gasteiger partial charge in [-0.1, -0.05) is 0 Å². The highest BCUT2D eigenvalue weighted by molar-refractivity contribution is 6.60. The van der Waals surface area contributed by atoms with Gasteiger partial charge in [0.25, 0.3) is 5.82 Å². The summed E-state index contributed by atoms with van der Waals surface area (Å²) in [6, 6.07) is 0.865. The van der Waals surface area contributed by atoms with Crippen molar-refractivity contribution in [3.63, 3.8) is 0 Å². The number of hydrogen-bond acceptors (Lipinski definition) is 3. The van der Waals surface area contributed by atoms with Gasteiger partial charge in [0.2, 0.25) is 0 Å². The van der Waals surface area contributed by atoms with Crippen LogP contribution >= 0.6 is 0 Å². The molecule has 0 radical (unpaired) electrons. The minimum Gasteiger partial charge on any atom is -1.00 e. The van der Waals surface area contributed by atoms with Crippen LogP contribution in [0.3, 0.4) is 0 Å². The van der Waals surface area contributed by atoms with E-state index in [-0.39, 0.29) is 12.4 Å². The average Bonchev–Trinajstić information content (AvgIpc) is 2.72. The fourth-order valence-electron chi connectivity index (χ4n) is 2.30. The first-order valence-electron chi connectivity index (χ1n) is 7.51. The van der Waals surface area contributed by atoms with E-state index in [0.717, 1.165) is 19.0 Å². The zero-order chi connectivity index (χ0) is 15.0. The number of rotatable bonds is 10. The predicted molar refractivity (Wildman–Crippen MR) is 80.4 cm³/mol. The van der Waals surface area contributed by atoms with E-state index in [9.17, 15) is 0 Å². The van der Waals surface area contributed by atoms with Gasteiger partial charge in [-0.25, -0.2) is 9.13 Å². The van der Waals surface area contributed by atoms with Gasteiger partial charge in [-0.2, -0.15) is 0 Å². The SMILES string of the molecule is CCO[Si](CCCn1cc[n+](C)c1C)(OCC)OCC.[Cl-]. The van der Waals surface area contributed by atoms with E-state index in [4.69, 9.17) is 13.3 Å². The van der Waals surface area contributed by atoms with Crippen LogP contribution < -0.4 is 17.0 Å². The number of aromatic nitrogens is 2. The molecule has 1 aromatic heterocycles. The Morgan fingerprint density at radius 2 is 1.62 bits per heavy atom. The van der Waals surface area contributed by atoms with Crippen molar-refractivity contribution in [1.82, 2.24) is 4.57 Å². The van der Waals surface area contributed by atoms with Crippen LogP contribution in [0.1, 0.15) is 33.0 Å². The molecule has 7 heteroatoms. The molecule has 0 saturated carbocycles. The number of nitrogens with zero attached hydrogens (tertiary/aromatic N) is 2. The van der Waals surface area contributed by atoms with Crippen LogP contribution in [-0.4, -0.2) is 33.2 Å². The summed E-state index contributed by atoms with van der Waals surface area (Å²) in [5, 5.41) is 0. The molecule has 0 aliphatic carbocycles. The molecule has 0 N–H and O–H groups in total. The highest BCUT2D eigenvalue weighted by atomic mass is 35.5. The second-order valence-corrected chi connectivity index (χ2v) is 7.47. The van der Waals surface area contributed by atoms with Crippen molar-refractivity contribution in [2.45, 2.75) is 46.7 Å². The van der Waals surface area contributed by atoms with Gasteiger partial charge >= 0.3 is 8.80 Å². The fourth-order valence-corrected chi connectivity index (χ4v) is 4.90. The van der Waals surface area contributed by atoms with E-state index < -0.39 is 8.80 Å². The second kappa shape index (κ2) is 10.3. The summed E-state index contributed by atoms with van der Waals surface area (Å²) in [6.45, 7) is 11.0. The lowest BCUT2D eigenvalue weighted by Gasteiger charge is -2.28. The Labute approximate surface area is 136 Å². The Morgan fingerprint density at radius 1 is 1.10 bits per heavy atom. The van der Waals surface area contributed by atoms with Gasteiger partial charge in [-0.05, 0) is 27.2 Å². The van der Waals surface area contributed by atoms with Crippen LogP contribution in [0.4, 0.5) is 0 Å². The van der Waals surface area contributed by atoms with E-state index in [0.29, 0.717) is 19.8 Å². The molecule has 0 bridgehead atoms. The first-order valence-corrected chi connectivity index (χ1v) is 9.45. The topological polar surface area (TPSA) is 36.5 Å². The summed E-state index contributed by atoms with van der Waals surface area (Å²) in [7, 11) is -0.419. The molecule has 124 valence electrons. The molecular weight excluding hydrogens is 308 g/mol. The van der Waals surface area contributed by atoms with Crippen molar-refractivity contribution >= 4 is 8.80 Å². The Morgan fingerprint density at radius 3 is 2.00 bits per heavy atom. The first-order chi connectivity index (χ1) is 9.58. The van der Waals surface area contributed by atoms with Gasteiger partial charge in [0.05, 0.1) is 13.6 Å². The minimum atomic E-state index is -2.48. The molecule has 1 rings (SSSR count). The lowest BCUT2D eigenvalue weighted by Crippen LogP contribution is -3.00. The molecular formula is C14H29ClN2O3Si. The van der Waals surface area contributed by atoms with Gasteiger partial charge in [0, 0.05) is 32.8 Å². The monoisotopic (exact) mass is 336 g/mol. The largest absolute Gasteiger partial charge is 1.00 e. The normalized spacial score (nSPS) is 11.5. The summed E-state index contributed by atoms with van der Waals surface area (Å²) < 4.78 is 22.0. The van der Waals surface area contributed by atoms with Crippen LogP contribution in [0.15, 0.2) is 12.4 Å². The molecule has 0 unspecified atom stereocenters. The zero-order valence-electron chi connectivity index (χ0n) is 13.9. The number of hydrogen-bond donors (Lipinski definition) is 0. The molecule has 0 amide bonds. The molecule has 0 aliphatic heterocycles. The van der Waals surface area contributed by atoms with Crippen LogP contribution in [0.5, 0.6) is 0 Å². The smallest absolute Gasteiger partial charge is 0.501 e. The van der Waals surface area contributed by atoms with Crippen molar-refractivity contribution in [2.24, 2.45) is 7.05 Å². The van der Waals surface area contributed by atoms with Crippen molar-refractivity contribution in [1.29, 1.82) is 0 Å². The summed E-state index contributed by atoms with van der Waals surface area (Å²) >= 11 is 0. The van der Waals surface area contributed by atoms with Crippen molar-refractivity contribution in [3.8, 4) is 0 Å². The summed E-state index contributed by atoms with van der Waals surface area (Å²) in [5.74, 6) is 1.25. The molecule has 0 atom stereocenters. The Kier molecular flexibility index (Phi) is 10.1. The highest BCUT2D eigenvalue weighted by Gasteiger charge is 2.39. The highest BCUT2D eigenvalue weighted by Crippen LogP contribution is 2.18. The average molecular weight is 337 g/mol. The summed E-state index contributed by atoms with van der Waals surface area (Å²) in [5.41, 5.74) is 0. The lowest BCUT2D eigenvalue weighted by atomic mass is 10.4. The van der Waals surface area contributed by atoms with Gasteiger partial charge < -0.3 is 25.7 Å². The Hall–Kier alpha value is -0.403. The predicted octanol–water partition coefficient (Wildman–Crippen LogP) is -0.936. The van der Waals surface area contributed by atoms with Crippen LogP contribution in [0, 0.1) is 6.92 Å². The molecule has 0 saturated heterocycles. The quantitative estimate of drug-likeness (QED) is 0.409. The third-order valence-corrected chi connectivity index (χ3v) is 6.52. The van der Waals surface area contributed by atoms with Crippen LogP contribution in [0.25, 0.3) is 0 Å². The lowest BCUT2D eigenvalue weighted by molar-refractivity contribution is -0.677. The molecule has 21 heavy (non-hydrogen) atoms. The number of imidazole rings is 1. The maximum atomic E-state index is 5.86. The fraction of sp³-hybridized carbons (Fsp3) is 0.786. The molecule has 0 spiro atoms. The molecule has 1 heterocycles. The summed E-state index contributed by atoms with van der Waals surface area (Å²) in [6.07, 6.45) is 5.19. The van der Waals surface area contributed by atoms with Crippen LogP contribution in [0.2, 0.25) is 6.04 Å². The molecule has 1 aromatic rings. The number of aryl methyl sites for hydroxylation is 2. The van der Waals surface area contributed by atoms with Gasteiger partial charge in [-0.3, -0.25) is 0 Å². The van der Waals surface area contributed by atoms with Crippen molar-refractivity contribution < 1.29 is 30.3 Å². The Bertz CT molecular complexity index is 385. The Balaban J connectivity index is 0.00000400. The maximum absolute atomic E-state index is 5.86. The molecule has 0 aromatic carbocycles. The minimum absolute atomic E-state index is 0. The third kappa shape index (κ3) is 6.08. The second-order valence-electron chi connectivity index (χ2n) is 4.74. The van der Waals surface area contributed by atoms with E-state index >= 15 is 0 Å². The van der Waals surface area contributed by atoms with Gasteiger partial charge in [0.15, 0.2) is 0 Å². The van der Waals surface area contributed by atoms with Crippen molar-refractivity contribution in [3.05, 3.63) is 18.2 Å². The molecule has 0 aliphatic rings. The van der Waals surface area contributed by atoms with Gasteiger partial charge in [-0.15, -0.1) is 0 Å². The first kappa shape index (κ1) is 20.6. The van der Waals surface area contributed by atoms with E-state index in [1.54, 1.807) is 0 Å². The van der Waals surface area contributed by atoms with Crippen molar-refractivity contribution in [2.75, 3.05) is 19.8 Å². The van der Waals surface area contributed by atoms with E-state index in [1.807, 2.05) is 20.8 Å². The van der Waals surface area contributed by atoms with Crippen LogP contribution in [-0.2, 0) is 26.9 Å². The standard InChI is InChI=1S/C14H29N2O3Si.ClH/c1-6-17-20(18-7-2,19-8-3)13-9-10-16-12-11-15(5)14(16)4;/h11-12H,6-10,13H2,1-5H3;1H/q+1;/p-1. The summed E-state index contributed by atoms with van der Waals surface area (Å²) in [4.78, 5) is 0. The maximum Gasteiger partial charge on any atom is 0.501 e. The third-order valence-electron chi connectivity index (χ3n) is 3.37.